The molecular weight excluding hydrogens is 328 g/mol. The van der Waals surface area contributed by atoms with Crippen LogP contribution in [0.1, 0.15) is 47.8 Å². The van der Waals surface area contributed by atoms with Crippen molar-refractivity contribution in [1.29, 1.82) is 0 Å². The molecule has 2 aliphatic rings. The lowest BCUT2D eigenvalue weighted by molar-refractivity contribution is -0.142. The van der Waals surface area contributed by atoms with Gasteiger partial charge in [-0.2, -0.15) is 0 Å². The van der Waals surface area contributed by atoms with Gasteiger partial charge in [0.15, 0.2) is 0 Å². The van der Waals surface area contributed by atoms with Gasteiger partial charge in [0, 0.05) is 11.1 Å². The van der Waals surface area contributed by atoms with Crippen molar-refractivity contribution in [3.05, 3.63) is 41.1 Å². The number of pyridine rings is 1. The van der Waals surface area contributed by atoms with E-state index in [1.807, 2.05) is 24.3 Å². The van der Waals surface area contributed by atoms with Gasteiger partial charge < -0.3 is 10.1 Å². The van der Waals surface area contributed by atoms with Crippen LogP contribution in [0.15, 0.2) is 24.3 Å². The first-order chi connectivity index (χ1) is 12.6. The molecule has 0 aliphatic heterocycles. The normalized spacial score (nSPS) is 19.0. The first-order valence-electron chi connectivity index (χ1n) is 9.46. The number of rotatable bonds is 5. The summed E-state index contributed by atoms with van der Waals surface area (Å²) in [7, 11) is 0. The Balaban J connectivity index is 1.58. The zero-order valence-corrected chi connectivity index (χ0v) is 15.1. The van der Waals surface area contributed by atoms with Crippen molar-refractivity contribution < 1.29 is 14.3 Å². The van der Waals surface area contributed by atoms with Gasteiger partial charge in [0.2, 0.25) is 0 Å². The summed E-state index contributed by atoms with van der Waals surface area (Å²) >= 11 is 0. The van der Waals surface area contributed by atoms with Crippen molar-refractivity contribution in [3.8, 4) is 0 Å². The van der Waals surface area contributed by atoms with Crippen LogP contribution in [-0.2, 0) is 22.4 Å². The molecule has 5 nitrogen and oxygen atoms in total. The molecule has 1 saturated carbocycles. The van der Waals surface area contributed by atoms with Crippen molar-refractivity contribution in [2.24, 2.45) is 11.8 Å². The third-order valence-electron chi connectivity index (χ3n) is 5.30. The second-order valence-corrected chi connectivity index (χ2v) is 7.59. The number of esters is 1. The van der Waals surface area contributed by atoms with Crippen molar-refractivity contribution in [3.63, 3.8) is 0 Å². The van der Waals surface area contributed by atoms with Gasteiger partial charge in [0.1, 0.15) is 6.54 Å². The van der Waals surface area contributed by atoms with E-state index in [1.54, 1.807) is 0 Å². The lowest BCUT2D eigenvalue weighted by atomic mass is 9.84. The van der Waals surface area contributed by atoms with Gasteiger partial charge in [0.25, 0.3) is 5.91 Å². The van der Waals surface area contributed by atoms with Gasteiger partial charge in [0.05, 0.1) is 17.7 Å². The quantitative estimate of drug-likeness (QED) is 0.840. The smallest absolute Gasteiger partial charge is 0.325 e. The highest BCUT2D eigenvalue weighted by Gasteiger charge is 2.26. The molecular formula is C21H24N2O3. The number of nitrogens with zero attached hydrogens (tertiary/aromatic N) is 1. The fourth-order valence-electron chi connectivity index (χ4n) is 3.61. The number of aryl methyl sites for hydroxylation is 1. The van der Waals surface area contributed by atoms with Crippen LogP contribution >= 0.6 is 0 Å². The van der Waals surface area contributed by atoms with Crippen LogP contribution in [0.3, 0.4) is 0 Å². The maximum atomic E-state index is 12.9. The highest BCUT2D eigenvalue weighted by Crippen LogP contribution is 2.31. The second-order valence-electron chi connectivity index (χ2n) is 7.59. The Morgan fingerprint density at radius 2 is 2.04 bits per heavy atom. The highest BCUT2D eigenvalue weighted by molar-refractivity contribution is 6.08. The Bertz CT molecular complexity index is 858. The van der Waals surface area contributed by atoms with Crippen LogP contribution in [0.25, 0.3) is 10.9 Å². The lowest BCUT2D eigenvalue weighted by Crippen LogP contribution is -2.32. The van der Waals surface area contributed by atoms with Crippen LogP contribution in [0.4, 0.5) is 0 Å². The van der Waals surface area contributed by atoms with E-state index in [4.69, 9.17) is 9.72 Å². The van der Waals surface area contributed by atoms with Gasteiger partial charge >= 0.3 is 5.97 Å². The number of benzene rings is 1. The number of ether oxygens (including phenoxy) is 1. The third-order valence-corrected chi connectivity index (χ3v) is 5.30. The van der Waals surface area contributed by atoms with Crippen LogP contribution in [0.5, 0.6) is 0 Å². The Hall–Kier alpha value is -2.43. The van der Waals surface area contributed by atoms with E-state index in [9.17, 15) is 9.59 Å². The number of amides is 1. The fourth-order valence-corrected chi connectivity index (χ4v) is 3.61. The summed E-state index contributed by atoms with van der Waals surface area (Å²) in [5.74, 6) is 0.469. The molecule has 0 saturated heterocycles. The van der Waals surface area contributed by atoms with Crippen LogP contribution in [0, 0.1) is 11.8 Å². The largest absolute Gasteiger partial charge is 0.464 e. The predicted molar refractivity (Wildman–Crippen MR) is 98.9 cm³/mol. The van der Waals surface area contributed by atoms with E-state index in [1.165, 1.54) is 0 Å². The van der Waals surface area contributed by atoms with E-state index < -0.39 is 0 Å². The SMILES string of the molecule is CC1CCc2nc3ccccc3c(C(=O)NCC(=O)OCC3CC3)c2C1. The Labute approximate surface area is 153 Å². The number of carbonyl (C=O) groups excluding carboxylic acids is 2. The maximum Gasteiger partial charge on any atom is 0.325 e. The average molecular weight is 352 g/mol. The zero-order chi connectivity index (χ0) is 18.1. The minimum Gasteiger partial charge on any atom is -0.464 e. The predicted octanol–water partition coefficient (Wildman–Crippen LogP) is 3.04. The number of carbonyl (C=O) groups is 2. The summed E-state index contributed by atoms with van der Waals surface area (Å²) < 4.78 is 5.20. The van der Waals surface area contributed by atoms with E-state index >= 15 is 0 Å². The van der Waals surface area contributed by atoms with Crippen molar-refractivity contribution in [1.82, 2.24) is 10.3 Å². The van der Waals surface area contributed by atoms with Gasteiger partial charge in [-0.25, -0.2) is 0 Å². The van der Waals surface area contributed by atoms with Crippen molar-refractivity contribution in [2.75, 3.05) is 13.2 Å². The van der Waals surface area contributed by atoms with E-state index in [-0.39, 0.29) is 18.4 Å². The molecule has 1 aromatic carbocycles. The number of fused-ring (bicyclic) bond motifs is 2. The van der Waals surface area contributed by atoms with Crippen LogP contribution < -0.4 is 5.32 Å². The maximum absolute atomic E-state index is 12.9. The summed E-state index contributed by atoms with van der Waals surface area (Å²) in [5, 5.41) is 3.61. The van der Waals surface area contributed by atoms with Crippen molar-refractivity contribution in [2.45, 2.75) is 39.0 Å². The van der Waals surface area contributed by atoms with Gasteiger partial charge in [-0.05, 0) is 55.6 Å². The van der Waals surface area contributed by atoms with Gasteiger partial charge in [-0.1, -0.05) is 25.1 Å². The van der Waals surface area contributed by atoms with E-state index in [2.05, 4.69) is 12.2 Å². The topological polar surface area (TPSA) is 68.3 Å². The molecule has 4 rings (SSSR count). The average Bonchev–Trinajstić information content (AvgIpc) is 3.47. The molecule has 1 fully saturated rings. The minimum atomic E-state index is -0.370. The molecule has 1 atom stereocenters. The minimum absolute atomic E-state index is 0.0907. The molecule has 1 aromatic heterocycles. The first-order valence-corrected chi connectivity index (χ1v) is 9.46. The summed E-state index contributed by atoms with van der Waals surface area (Å²) in [5.41, 5.74) is 3.56. The number of hydrogen-bond donors (Lipinski definition) is 1. The number of aromatic nitrogens is 1. The summed E-state index contributed by atoms with van der Waals surface area (Å²) in [6, 6.07) is 7.73. The van der Waals surface area contributed by atoms with E-state index in [0.29, 0.717) is 24.0 Å². The molecule has 1 N–H and O–H groups in total. The first kappa shape index (κ1) is 17.0. The van der Waals surface area contributed by atoms with Gasteiger partial charge in [-0.15, -0.1) is 0 Å². The molecule has 2 aromatic rings. The molecule has 1 amide bonds. The Kier molecular flexibility index (Phi) is 4.62. The monoisotopic (exact) mass is 352 g/mol. The molecule has 0 bridgehead atoms. The molecule has 1 unspecified atom stereocenters. The molecule has 5 heteroatoms. The van der Waals surface area contributed by atoms with Crippen molar-refractivity contribution >= 4 is 22.8 Å². The molecule has 1 heterocycles. The summed E-state index contributed by atoms with van der Waals surface area (Å²) in [6.45, 7) is 2.58. The number of nitrogens with one attached hydrogen (secondary N) is 1. The molecule has 136 valence electrons. The highest BCUT2D eigenvalue weighted by atomic mass is 16.5. The molecule has 26 heavy (non-hydrogen) atoms. The van der Waals surface area contributed by atoms with E-state index in [0.717, 1.165) is 54.3 Å². The Morgan fingerprint density at radius 3 is 2.85 bits per heavy atom. The third kappa shape index (κ3) is 3.57. The second kappa shape index (κ2) is 7.06. The van der Waals surface area contributed by atoms with Crippen LogP contribution in [-0.4, -0.2) is 30.0 Å². The van der Waals surface area contributed by atoms with Crippen LogP contribution in [0.2, 0.25) is 0 Å². The standard InChI is InChI=1S/C21H24N2O3/c1-13-6-9-18-16(10-13)20(15-4-2-3-5-17(15)23-18)21(25)22-11-19(24)26-12-14-7-8-14/h2-5,13-14H,6-12H2,1H3,(H,22,25). The fraction of sp³-hybridized carbons (Fsp3) is 0.476. The zero-order valence-electron chi connectivity index (χ0n) is 15.1. The Morgan fingerprint density at radius 1 is 1.23 bits per heavy atom. The number of para-hydroxylation sites is 1. The summed E-state index contributed by atoms with van der Waals surface area (Å²) in [4.78, 5) is 29.6. The molecule has 0 spiro atoms. The number of hydrogen-bond acceptors (Lipinski definition) is 4. The molecule has 0 radical (unpaired) electrons. The molecule has 2 aliphatic carbocycles. The lowest BCUT2D eigenvalue weighted by Gasteiger charge is -2.24. The summed E-state index contributed by atoms with van der Waals surface area (Å²) in [6.07, 6.45) is 5.10. The van der Waals surface area contributed by atoms with Gasteiger partial charge in [-0.3, -0.25) is 14.6 Å².